The van der Waals surface area contributed by atoms with Crippen LogP contribution < -0.4 is 5.32 Å². The van der Waals surface area contributed by atoms with Crippen LogP contribution in [0.5, 0.6) is 0 Å². The van der Waals surface area contributed by atoms with Crippen LogP contribution in [0.1, 0.15) is 26.7 Å². The molecular weight excluding hydrogens is 296 g/mol. The fourth-order valence-electron chi connectivity index (χ4n) is 1.40. The van der Waals surface area contributed by atoms with Crippen LogP contribution >= 0.6 is 23.1 Å². The van der Waals surface area contributed by atoms with Gasteiger partial charge in [-0.3, -0.25) is 4.79 Å². The van der Waals surface area contributed by atoms with Crippen molar-refractivity contribution in [2.45, 2.75) is 37.1 Å². The molecule has 0 saturated heterocycles. The zero-order valence-corrected chi connectivity index (χ0v) is 13.8. The zero-order chi connectivity index (χ0) is 15.0. The summed E-state index contributed by atoms with van der Waals surface area (Å²) in [6.07, 6.45) is 2.22. The molecule has 1 heterocycles. The molecule has 0 atom stereocenters. The number of unbranched alkanes of at least 4 members (excludes halogenated alkanes) is 1. The third kappa shape index (κ3) is 7.06. The second kappa shape index (κ2) is 9.15. The van der Waals surface area contributed by atoms with Crippen molar-refractivity contribution in [1.82, 2.24) is 15.1 Å². The number of aliphatic carboxylic acids is 1. The standard InChI is InChI=1S/C12H22N4O2S2/c1-9(2)16(3)7-5-4-6-13-11-14-15-12(20-11)19-8-10(17)18/h9H,4-8H2,1-3H3,(H,13,14)(H,17,18). The maximum Gasteiger partial charge on any atom is 0.313 e. The maximum atomic E-state index is 10.4. The van der Waals surface area contributed by atoms with Gasteiger partial charge in [-0.2, -0.15) is 0 Å². The molecule has 114 valence electrons. The highest BCUT2D eigenvalue weighted by atomic mass is 32.2. The monoisotopic (exact) mass is 318 g/mol. The van der Waals surface area contributed by atoms with Crippen molar-refractivity contribution in [3.63, 3.8) is 0 Å². The molecule has 20 heavy (non-hydrogen) atoms. The van der Waals surface area contributed by atoms with Gasteiger partial charge in [0.05, 0.1) is 5.75 Å². The Labute approximate surface area is 128 Å². The number of thioether (sulfide) groups is 1. The SMILES string of the molecule is CC(C)N(C)CCCCNc1nnc(SCC(=O)O)s1. The van der Waals surface area contributed by atoms with E-state index in [9.17, 15) is 4.79 Å². The van der Waals surface area contributed by atoms with Crippen LogP contribution in [0.15, 0.2) is 4.34 Å². The number of rotatable bonds is 10. The molecular formula is C12H22N4O2S2. The van der Waals surface area contributed by atoms with Gasteiger partial charge in [0.1, 0.15) is 0 Å². The molecule has 0 amide bonds. The van der Waals surface area contributed by atoms with Gasteiger partial charge in [-0.05, 0) is 40.3 Å². The number of carbonyl (C=O) groups is 1. The van der Waals surface area contributed by atoms with Crippen molar-refractivity contribution >= 4 is 34.2 Å². The Bertz CT molecular complexity index is 412. The quantitative estimate of drug-likeness (QED) is 0.506. The average Bonchev–Trinajstić information content (AvgIpc) is 2.83. The normalized spacial score (nSPS) is 11.2. The molecule has 0 spiro atoms. The lowest BCUT2D eigenvalue weighted by Gasteiger charge is -2.20. The van der Waals surface area contributed by atoms with Gasteiger partial charge in [0.15, 0.2) is 4.34 Å². The van der Waals surface area contributed by atoms with Crippen LogP contribution in [0.4, 0.5) is 5.13 Å². The number of nitrogens with one attached hydrogen (secondary N) is 1. The highest BCUT2D eigenvalue weighted by molar-refractivity contribution is 8.01. The van der Waals surface area contributed by atoms with Crippen molar-refractivity contribution in [2.24, 2.45) is 0 Å². The van der Waals surface area contributed by atoms with Gasteiger partial charge in [-0.25, -0.2) is 0 Å². The first-order chi connectivity index (χ1) is 9.49. The molecule has 0 aliphatic rings. The predicted molar refractivity (Wildman–Crippen MR) is 83.8 cm³/mol. The van der Waals surface area contributed by atoms with Gasteiger partial charge >= 0.3 is 5.97 Å². The molecule has 0 aliphatic carbocycles. The summed E-state index contributed by atoms with van der Waals surface area (Å²) in [4.78, 5) is 12.8. The minimum Gasteiger partial charge on any atom is -0.481 e. The molecule has 0 saturated carbocycles. The average molecular weight is 318 g/mol. The lowest BCUT2D eigenvalue weighted by atomic mass is 10.2. The van der Waals surface area contributed by atoms with Crippen LogP contribution in [-0.2, 0) is 4.79 Å². The first-order valence-corrected chi connectivity index (χ1v) is 8.41. The molecule has 1 aromatic heterocycles. The second-order valence-corrected chi connectivity index (χ2v) is 6.96. The topological polar surface area (TPSA) is 78.3 Å². The van der Waals surface area contributed by atoms with E-state index in [2.05, 4.69) is 41.3 Å². The minimum atomic E-state index is -0.839. The lowest BCUT2D eigenvalue weighted by Crippen LogP contribution is -2.27. The summed E-state index contributed by atoms with van der Waals surface area (Å²) in [7, 11) is 2.13. The first kappa shape index (κ1) is 17.2. The summed E-state index contributed by atoms with van der Waals surface area (Å²) < 4.78 is 0.689. The highest BCUT2D eigenvalue weighted by Gasteiger charge is 2.07. The Morgan fingerprint density at radius 2 is 2.20 bits per heavy atom. The van der Waals surface area contributed by atoms with E-state index in [0.29, 0.717) is 10.4 Å². The Balaban J connectivity index is 2.14. The van der Waals surface area contributed by atoms with Gasteiger partial charge in [0.25, 0.3) is 0 Å². The molecule has 0 aliphatic heterocycles. The molecule has 1 aromatic rings. The molecule has 6 nitrogen and oxygen atoms in total. The van der Waals surface area contributed by atoms with E-state index >= 15 is 0 Å². The summed E-state index contributed by atoms with van der Waals surface area (Å²) >= 11 is 2.60. The van der Waals surface area contributed by atoms with Crippen molar-refractivity contribution in [3.05, 3.63) is 0 Å². The van der Waals surface area contributed by atoms with Crippen molar-refractivity contribution < 1.29 is 9.90 Å². The zero-order valence-electron chi connectivity index (χ0n) is 12.1. The Hall–Kier alpha value is -0.860. The third-order valence-electron chi connectivity index (χ3n) is 2.82. The Morgan fingerprint density at radius 1 is 1.45 bits per heavy atom. The van der Waals surface area contributed by atoms with E-state index in [1.54, 1.807) is 0 Å². The van der Waals surface area contributed by atoms with Crippen LogP contribution in [0.25, 0.3) is 0 Å². The fourth-order valence-corrected chi connectivity index (χ4v) is 2.90. The Morgan fingerprint density at radius 3 is 2.85 bits per heavy atom. The lowest BCUT2D eigenvalue weighted by molar-refractivity contribution is -0.133. The van der Waals surface area contributed by atoms with Crippen molar-refractivity contribution in [1.29, 1.82) is 0 Å². The van der Waals surface area contributed by atoms with Gasteiger partial charge in [0.2, 0.25) is 5.13 Å². The van der Waals surface area contributed by atoms with E-state index in [4.69, 9.17) is 5.11 Å². The maximum absolute atomic E-state index is 10.4. The summed E-state index contributed by atoms with van der Waals surface area (Å²) in [5.74, 6) is -0.815. The molecule has 0 fully saturated rings. The van der Waals surface area contributed by atoms with Crippen molar-refractivity contribution in [3.8, 4) is 0 Å². The number of aromatic nitrogens is 2. The predicted octanol–water partition coefficient (Wildman–Crippen LogP) is 2.25. The number of carboxylic acids is 1. The molecule has 0 bridgehead atoms. The number of carboxylic acid groups (broad SMARTS) is 1. The summed E-state index contributed by atoms with van der Waals surface area (Å²) in [6.45, 7) is 6.34. The number of hydrogen-bond acceptors (Lipinski definition) is 7. The fraction of sp³-hybridized carbons (Fsp3) is 0.750. The molecule has 0 radical (unpaired) electrons. The molecule has 8 heteroatoms. The minimum absolute atomic E-state index is 0.0240. The van der Waals surface area contributed by atoms with Crippen molar-refractivity contribution in [2.75, 3.05) is 31.2 Å². The van der Waals surface area contributed by atoms with E-state index in [-0.39, 0.29) is 5.75 Å². The number of hydrogen-bond donors (Lipinski definition) is 2. The van der Waals surface area contributed by atoms with E-state index in [1.165, 1.54) is 23.1 Å². The van der Waals surface area contributed by atoms with Gasteiger partial charge in [0, 0.05) is 12.6 Å². The van der Waals surface area contributed by atoms with Gasteiger partial charge < -0.3 is 15.3 Å². The Kier molecular flexibility index (Phi) is 7.86. The molecule has 2 N–H and O–H groups in total. The molecule has 0 aromatic carbocycles. The van der Waals surface area contributed by atoms with Gasteiger partial charge in [-0.15, -0.1) is 10.2 Å². The molecule has 1 rings (SSSR count). The van der Waals surface area contributed by atoms with Crippen LogP contribution in [0, 0.1) is 0 Å². The number of nitrogens with zero attached hydrogens (tertiary/aromatic N) is 3. The van der Waals surface area contributed by atoms with Crippen LogP contribution in [0.2, 0.25) is 0 Å². The van der Waals surface area contributed by atoms with Crippen LogP contribution in [-0.4, -0.2) is 58.1 Å². The van der Waals surface area contributed by atoms with E-state index in [0.717, 1.165) is 31.1 Å². The smallest absolute Gasteiger partial charge is 0.313 e. The largest absolute Gasteiger partial charge is 0.481 e. The second-order valence-electron chi connectivity index (χ2n) is 4.76. The summed E-state index contributed by atoms with van der Waals surface area (Å²) in [5, 5.41) is 20.5. The summed E-state index contributed by atoms with van der Waals surface area (Å²) in [5.41, 5.74) is 0. The number of anilines is 1. The highest BCUT2D eigenvalue weighted by Crippen LogP contribution is 2.25. The summed E-state index contributed by atoms with van der Waals surface area (Å²) in [6, 6.07) is 0.583. The van der Waals surface area contributed by atoms with E-state index < -0.39 is 5.97 Å². The third-order valence-corrected chi connectivity index (χ3v) is 4.82. The first-order valence-electron chi connectivity index (χ1n) is 6.61. The van der Waals surface area contributed by atoms with E-state index in [1.807, 2.05) is 0 Å². The molecule has 0 unspecified atom stereocenters. The van der Waals surface area contributed by atoms with Gasteiger partial charge in [-0.1, -0.05) is 23.1 Å². The van der Waals surface area contributed by atoms with Crippen LogP contribution in [0.3, 0.4) is 0 Å².